The first-order chi connectivity index (χ1) is 6.87. The van der Waals surface area contributed by atoms with E-state index >= 15 is 0 Å². The van der Waals surface area contributed by atoms with Gasteiger partial charge in [-0.15, -0.1) is 0 Å². The summed E-state index contributed by atoms with van der Waals surface area (Å²) in [7, 11) is -3.06. The molecule has 0 heterocycles. The van der Waals surface area contributed by atoms with E-state index in [1.54, 1.807) is 0 Å². The van der Waals surface area contributed by atoms with Gasteiger partial charge < -0.3 is 5.73 Å². The normalized spacial score (nSPS) is 32.1. The van der Waals surface area contributed by atoms with Gasteiger partial charge in [0.25, 0.3) is 0 Å². The van der Waals surface area contributed by atoms with E-state index in [4.69, 9.17) is 5.73 Å². The van der Waals surface area contributed by atoms with Crippen molar-refractivity contribution in [2.24, 2.45) is 17.1 Å². The molecule has 1 aliphatic carbocycles. The van der Waals surface area contributed by atoms with E-state index in [0.717, 1.165) is 25.2 Å². The Morgan fingerprint density at radius 1 is 1.53 bits per heavy atom. The minimum atomic E-state index is -3.06. The van der Waals surface area contributed by atoms with Crippen LogP contribution in [0.5, 0.6) is 0 Å². The van der Waals surface area contributed by atoms with Crippen LogP contribution in [-0.2, 0) is 10.0 Å². The maximum Gasteiger partial charge on any atom is 0.208 e. The van der Waals surface area contributed by atoms with E-state index < -0.39 is 10.0 Å². The molecule has 0 unspecified atom stereocenters. The molecule has 1 rings (SSSR count). The summed E-state index contributed by atoms with van der Waals surface area (Å²) >= 11 is 0. The molecule has 2 atom stereocenters. The van der Waals surface area contributed by atoms with E-state index in [1.807, 2.05) is 0 Å². The van der Waals surface area contributed by atoms with Crippen LogP contribution in [0.15, 0.2) is 0 Å². The van der Waals surface area contributed by atoms with Crippen LogP contribution in [0.3, 0.4) is 0 Å². The standard InChI is InChI=1S/C10H22N2O2S/c1-9-3-4-10(7-9,8-11)5-6-12-15(2,13)14/h9,12H,3-8,11H2,1-2H3/t9-,10+/m1/s1. The maximum absolute atomic E-state index is 10.9. The number of nitrogens with one attached hydrogen (secondary N) is 1. The third-order valence-electron chi connectivity index (χ3n) is 3.40. The van der Waals surface area contributed by atoms with Crippen molar-refractivity contribution in [3.05, 3.63) is 0 Å². The van der Waals surface area contributed by atoms with Crippen LogP contribution in [0, 0.1) is 11.3 Å². The molecular formula is C10H22N2O2S. The van der Waals surface area contributed by atoms with Crippen LogP contribution < -0.4 is 10.5 Å². The fraction of sp³-hybridized carbons (Fsp3) is 1.00. The average Bonchev–Trinajstić information content (AvgIpc) is 2.46. The molecule has 0 aromatic heterocycles. The zero-order valence-electron chi connectivity index (χ0n) is 9.62. The largest absolute Gasteiger partial charge is 0.330 e. The Kier molecular flexibility index (Phi) is 4.14. The van der Waals surface area contributed by atoms with Crippen LogP contribution in [-0.4, -0.2) is 27.8 Å². The van der Waals surface area contributed by atoms with Crippen LogP contribution in [0.4, 0.5) is 0 Å². The molecule has 1 saturated carbocycles. The first-order valence-electron chi connectivity index (χ1n) is 5.52. The Balaban J connectivity index is 2.41. The molecular weight excluding hydrogens is 212 g/mol. The lowest BCUT2D eigenvalue weighted by molar-refractivity contribution is 0.275. The Hall–Kier alpha value is -0.130. The van der Waals surface area contributed by atoms with Gasteiger partial charge in [0.15, 0.2) is 0 Å². The first-order valence-corrected chi connectivity index (χ1v) is 7.41. The van der Waals surface area contributed by atoms with Gasteiger partial charge in [0.2, 0.25) is 10.0 Å². The molecule has 90 valence electrons. The van der Waals surface area contributed by atoms with Crippen molar-refractivity contribution in [3.63, 3.8) is 0 Å². The number of hydrogen-bond donors (Lipinski definition) is 2. The summed E-state index contributed by atoms with van der Waals surface area (Å²) < 4.78 is 24.4. The Morgan fingerprint density at radius 3 is 2.60 bits per heavy atom. The summed E-state index contributed by atoms with van der Waals surface area (Å²) in [4.78, 5) is 0. The zero-order chi connectivity index (χ0) is 11.5. The SMILES string of the molecule is C[C@@H]1CC[C@](CN)(CCNS(C)(=O)=O)C1. The summed E-state index contributed by atoms with van der Waals surface area (Å²) in [6.07, 6.45) is 5.54. The van der Waals surface area contributed by atoms with E-state index in [0.29, 0.717) is 13.1 Å². The Labute approximate surface area is 92.7 Å². The van der Waals surface area contributed by atoms with Crippen molar-refractivity contribution in [3.8, 4) is 0 Å². The van der Waals surface area contributed by atoms with Gasteiger partial charge in [0.1, 0.15) is 0 Å². The predicted octanol–water partition coefficient (Wildman–Crippen LogP) is 0.691. The van der Waals surface area contributed by atoms with Gasteiger partial charge in [-0.05, 0) is 37.1 Å². The van der Waals surface area contributed by atoms with Crippen molar-refractivity contribution in [1.82, 2.24) is 4.72 Å². The highest BCUT2D eigenvalue weighted by atomic mass is 32.2. The molecule has 0 aromatic rings. The fourth-order valence-corrected chi connectivity index (χ4v) is 2.98. The second-order valence-corrected chi connectivity index (χ2v) is 6.80. The minimum Gasteiger partial charge on any atom is -0.330 e. The van der Waals surface area contributed by atoms with Crippen LogP contribution in [0.25, 0.3) is 0 Å². The van der Waals surface area contributed by atoms with Gasteiger partial charge in [0, 0.05) is 6.54 Å². The summed E-state index contributed by atoms with van der Waals surface area (Å²) in [6, 6.07) is 0. The lowest BCUT2D eigenvalue weighted by Crippen LogP contribution is -2.33. The topological polar surface area (TPSA) is 72.2 Å². The first kappa shape index (κ1) is 12.9. The summed E-state index contributed by atoms with van der Waals surface area (Å²) in [6.45, 7) is 3.42. The lowest BCUT2D eigenvalue weighted by Gasteiger charge is -2.27. The number of hydrogen-bond acceptors (Lipinski definition) is 3. The van der Waals surface area contributed by atoms with Crippen molar-refractivity contribution in [1.29, 1.82) is 0 Å². The molecule has 5 heteroatoms. The summed E-state index contributed by atoms with van der Waals surface area (Å²) in [5, 5.41) is 0. The van der Waals surface area contributed by atoms with Gasteiger partial charge in [-0.3, -0.25) is 0 Å². The number of sulfonamides is 1. The van der Waals surface area contributed by atoms with Gasteiger partial charge in [0.05, 0.1) is 6.26 Å². The molecule has 0 spiro atoms. The second-order valence-electron chi connectivity index (χ2n) is 4.97. The number of nitrogens with two attached hydrogens (primary N) is 1. The van der Waals surface area contributed by atoms with Gasteiger partial charge in [-0.1, -0.05) is 13.3 Å². The molecule has 0 aliphatic heterocycles. The molecule has 15 heavy (non-hydrogen) atoms. The van der Waals surface area contributed by atoms with E-state index in [-0.39, 0.29) is 5.41 Å². The van der Waals surface area contributed by atoms with Crippen molar-refractivity contribution < 1.29 is 8.42 Å². The molecule has 0 bridgehead atoms. The fourth-order valence-electron chi connectivity index (χ4n) is 2.51. The predicted molar refractivity (Wildman–Crippen MR) is 62.0 cm³/mol. The van der Waals surface area contributed by atoms with Crippen molar-refractivity contribution >= 4 is 10.0 Å². The average molecular weight is 234 g/mol. The third-order valence-corrected chi connectivity index (χ3v) is 4.13. The highest BCUT2D eigenvalue weighted by Crippen LogP contribution is 2.43. The van der Waals surface area contributed by atoms with Crippen LogP contribution in [0.1, 0.15) is 32.6 Å². The summed E-state index contributed by atoms with van der Waals surface area (Å²) in [5.41, 5.74) is 5.98. The molecule has 4 nitrogen and oxygen atoms in total. The lowest BCUT2D eigenvalue weighted by atomic mass is 9.82. The van der Waals surface area contributed by atoms with Gasteiger partial charge in [-0.2, -0.15) is 0 Å². The second kappa shape index (κ2) is 4.80. The molecule has 3 N–H and O–H groups in total. The van der Waals surface area contributed by atoms with Crippen molar-refractivity contribution in [2.75, 3.05) is 19.3 Å². The third kappa shape index (κ3) is 4.09. The number of rotatable bonds is 5. The molecule has 0 saturated heterocycles. The summed E-state index contributed by atoms with van der Waals surface area (Å²) in [5.74, 6) is 0.729. The molecule has 0 radical (unpaired) electrons. The van der Waals surface area contributed by atoms with Crippen molar-refractivity contribution in [2.45, 2.75) is 32.6 Å². The van der Waals surface area contributed by atoms with Crippen LogP contribution >= 0.6 is 0 Å². The highest BCUT2D eigenvalue weighted by Gasteiger charge is 2.35. The zero-order valence-corrected chi connectivity index (χ0v) is 10.4. The quantitative estimate of drug-likeness (QED) is 0.735. The Bertz CT molecular complexity index is 303. The van der Waals surface area contributed by atoms with E-state index in [9.17, 15) is 8.42 Å². The van der Waals surface area contributed by atoms with E-state index in [1.165, 1.54) is 12.7 Å². The molecule has 1 aliphatic rings. The Morgan fingerprint density at radius 2 is 2.20 bits per heavy atom. The van der Waals surface area contributed by atoms with Crippen LogP contribution in [0.2, 0.25) is 0 Å². The monoisotopic (exact) mass is 234 g/mol. The maximum atomic E-state index is 10.9. The van der Waals surface area contributed by atoms with Gasteiger partial charge in [-0.25, -0.2) is 13.1 Å². The molecule has 0 aromatic carbocycles. The molecule has 0 amide bonds. The smallest absolute Gasteiger partial charge is 0.208 e. The minimum absolute atomic E-state index is 0.178. The van der Waals surface area contributed by atoms with Gasteiger partial charge >= 0.3 is 0 Å². The molecule has 1 fully saturated rings. The highest BCUT2D eigenvalue weighted by molar-refractivity contribution is 7.88. The van der Waals surface area contributed by atoms with E-state index in [2.05, 4.69) is 11.6 Å².